The van der Waals surface area contributed by atoms with E-state index < -0.39 is 0 Å². The molecule has 0 unspecified atom stereocenters. The predicted molar refractivity (Wildman–Crippen MR) is 96.0 cm³/mol. The summed E-state index contributed by atoms with van der Waals surface area (Å²) in [7, 11) is 0. The van der Waals surface area contributed by atoms with E-state index in [1.807, 2.05) is 60.7 Å². The number of rotatable bonds is 3. The molecular formula is C19H13IO2. The molecule has 0 aromatic heterocycles. The lowest BCUT2D eigenvalue weighted by atomic mass is 10.0. The smallest absolute Gasteiger partial charge is 0.343 e. The maximum atomic E-state index is 12.3. The van der Waals surface area contributed by atoms with Gasteiger partial charge in [-0.15, -0.1) is 0 Å². The van der Waals surface area contributed by atoms with E-state index in [9.17, 15) is 4.79 Å². The zero-order chi connectivity index (χ0) is 15.4. The van der Waals surface area contributed by atoms with Crippen LogP contribution in [0.25, 0.3) is 11.1 Å². The zero-order valence-electron chi connectivity index (χ0n) is 11.7. The number of benzene rings is 3. The van der Waals surface area contributed by atoms with Crippen molar-refractivity contribution in [3.8, 4) is 16.9 Å². The molecule has 0 N–H and O–H groups in total. The molecule has 0 radical (unpaired) electrons. The average Bonchev–Trinajstić information content (AvgIpc) is 2.58. The van der Waals surface area contributed by atoms with Crippen LogP contribution in [0.5, 0.6) is 5.75 Å². The highest BCUT2D eigenvalue weighted by Gasteiger charge is 2.09. The minimum atomic E-state index is -0.348. The first-order valence-electron chi connectivity index (χ1n) is 6.85. The van der Waals surface area contributed by atoms with Crippen molar-refractivity contribution in [2.24, 2.45) is 0 Å². The Morgan fingerprint density at radius 1 is 0.773 bits per heavy atom. The Kier molecular flexibility index (Phi) is 4.53. The molecule has 3 heteroatoms. The molecule has 3 aromatic carbocycles. The third-order valence-corrected chi connectivity index (χ3v) is 3.95. The molecule has 0 heterocycles. The molecule has 3 rings (SSSR count). The predicted octanol–water partition coefficient (Wildman–Crippen LogP) is 5.18. The molecule has 0 fully saturated rings. The summed E-state index contributed by atoms with van der Waals surface area (Å²) in [6, 6.07) is 24.8. The molecule has 3 aromatic rings. The van der Waals surface area contributed by atoms with Gasteiger partial charge in [0.2, 0.25) is 0 Å². The normalized spacial score (nSPS) is 10.2. The number of carbonyl (C=O) groups excluding carboxylic acids is 1. The SMILES string of the molecule is O=C(Oc1ccc(I)cc1)c1cccc(-c2ccccc2)c1. The number of carbonyl (C=O) groups is 1. The summed E-state index contributed by atoms with van der Waals surface area (Å²) < 4.78 is 6.50. The van der Waals surface area contributed by atoms with Crippen LogP contribution in [-0.4, -0.2) is 5.97 Å². The van der Waals surface area contributed by atoms with E-state index >= 15 is 0 Å². The molecule has 0 saturated heterocycles. The monoisotopic (exact) mass is 400 g/mol. The Bertz CT molecular complexity index is 780. The van der Waals surface area contributed by atoms with Gasteiger partial charge in [0.25, 0.3) is 0 Å². The van der Waals surface area contributed by atoms with Gasteiger partial charge in [0.05, 0.1) is 5.56 Å². The van der Waals surface area contributed by atoms with Crippen molar-refractivity contribution in [1.82, 2.24) is 0 Å². The third kappa shape index (κ3) is 3.54. The third-order valence-electron chi connectivity index (χ3n) is 3.23. The van der Waals surface area contributed by atoms with E-state index in [1.165, 1.54) is 0 Å². The van der Waals surface area contributed by atoms with Crippen LogP contribution >= 0.6 is 22.6 Å². The highest BCUT2D eigenvalue weighted by atomic mass is 127. The summed E-state index contributed by atoms with van der Waals surface area (Å²) in [5, 5.41) is 0. The lowest BCUT2D eigenvalue weighted by molar-refractivity contribution is 0.0735. The summed E-state index contributed by atoms with van der Waals surface area (Å²) >= 11 is 2.21. The van der Waals surface area contributed by atoms with Crippen molar-refractivity contribution in [3.05, 3.63) is 88.0 Å². The standard InChI is InChI=1S/C19H13IO2/c20-17-9-11-18(12-10-17)22-19(21)16-8-4-7-15(13-16)14-5-2-1-3-6-14/h1-13H. The molecule has 108 valence electrons. The molecule has 0 saturated carbocycles. The second-order valence-corrected chi connectivity index (χ2v) is 6.04. The number of esters is 1. The Balaban J connectivity index is 1.82. The summed E-state index contributed by atoms with van der Waals surface area (Å²) in [6.45, 7) is 0. The Labute approximate surface area is 142 Å². The van der Waals surface area contributed by atoms with E-state index in [1.54, 1.807) is 18.2 Å². The van der Waals surface area contributed by atoms with Crippen LogP contribution in [0.2, 0.25) is 0 Å². The minimum Gasteiger partial charge on any atom is -0.423 e. The van der Waals surface area contributed by atoms with Crippen LogP contribution in [0, 0.1) is 3.57 Å². The van der Waals surface area contributed by atoms with E-state index in [0.717, 1.165) is 14.7 Å². The van der Waals surface area contributed by atoms with Gasteiger partial charge >= 0.3 is 5.97 Å². The summed E-state index contributed by atoms with van der Waals surface area (Å²) in [4.78, 5) is 12.3. The maximum absolute atomic E-state index is 12.3. The molecular weight excluding hydrogens is 387 g/mol. The topological polar surface area (TPSA) is 26.3 Å². The van der Waals surface area contributed by atoms with Crippen molar-refractivity contribution in [2.75, 3.05) is 0 Å². The van der Waals surface area contributed by atoms with E-state index in [-0.39, 0.29) is 5.97 Å². The lowest BCUT2D eigenvalue weighted by Crippen LogP contribution is -2.08. The second kappa shape index (κ2) is 6.75. The molecule has 0 amide bonds. The molecule has 0 atom stereocenters. The van der Waals surface area contributed by atoms with Gasteiger partial charge < -0.3 is 4.74 Å². The van der Waals surface area contributed by atoms with Gasteiger partial charge in [0.1, 0.15) is 5.75 Å². The Morgan fingerprint density at radius 2 is 1.45 bits per heavy atom. The summed E-state index contributed by atoms with van der Waals surface area (Å²) in [5.74, 6) is 0.203. The van der Waals surface area contributed by atoms with Crippen LogP contribution in [0.1, 0.15) is 10.4 Å². The molecule has 22 heavy (non-hydrogen) atoms. The van der Waals surface area contributed by atoms with Gasteiger partial charge in [-0.05, 0) is 70.1 Å². The van der Waals surface area contributed by atoms with Crippen LogP contribution in [0.15, 0.2) is 78.9 Å². The molecule has 0 bridgehead atoms. The largest absolute Gasteiger partial charge is 0.423 e. The maximum Gasteiger partial charge on any atom is 0.343 e. The van der Waals surface area contributed by atoms with Gasteiger partial charge in [-0.25, -0.2) is 4.79 Å². The van der Waals surface area contributed by atoms with Crippen LogP contribution < -0.4 is 4.74 Å². The first kappa shape index (κ1) is 14.8. The van der Waals surface area contributed by atoms with Gasteiger partial charge in [-0.1, -0.05) is 42.5 Å². The van der Waals surface area contributed by atoms with Gasteiger partial charge in [0, 0.05) is 3.57 Å². The molecule has 0 aliphatic heterocycles. The Morgan fingerprint density at radius 3 is 2.18 bits per heavy atom. The fourth-order valence-corrected chi connectivity index (χ4v) is 2.48. The van der Waals surface area contributed by atoms with Crippen molar-refractivity contribution < 1.29 is 9.53 Å². The molecule has 0 spiro atoms. The van der Waals surface area contributed by atoms with Gasteiger partial charge in [-0.2, -0.15) is 0 Å². The van der Waals surface area contributed by atoms with Crippen molar-refractivity contribution in [2.45, 2.75) is 0 Å². The molecule has 0 aliphatic carbocycles. The van der Waals surface area contributed by atoms with Gasteiger partial charge in [0.15, 0.2) is 0 Å². The highest BCUT2D eigenvalue weighted by Crippen LogP contribution is 2.21. The second-order valence-electron chi connectivity index (χ2n) is 4.79. The van der Waals surface area contributed by atoms with Crippen molar-refractivity contribution in [3.63, 3.8) is 0 Å². The number of ether oxygens (including phenoxy) is 1. The highest BCUT2D eigenvalue weighted by molar-refractivity contribution is 14.1. The number of hydrogen-bond donors (Lipinski definition) is 0. The Hall–Kier alpha value is -2.14. The average molecular weight is 400 g/mol. The van der Waals surface area contributed by atoms with E-state index in [0.29, 0.717) is 11.3 Å². The molecule has 2 nitrogen and oxygen atoms in total. The zero-order valence-corrected chi connectivity index (χ0v) is 13.9. The fraction of sp³-hybridized carbons (Fsp3) is 0. The van der Waals surface area contributed by atoms with Crippen molar-refractivity contribution in [1.29, 1.82) is 0 Å². The fourth-order valence-electron chi connectivity index (χ4n) is 2.12. The quantitative estimate of drug-likeness (QED) is 0.344. The number of hydrogen-bond acceptors (Lipinski definition) is 2. The van der Waals surface area contributed by atoms with Gasteiger partial charge in [-0.3, -0.25) is 0 Å². The van der Waals surface area contributed by atoms with Crippen LogP contribution in [-0.2, 0) is 0 Å². The first-order chi connectivity index (χ1) is 10.7. The summed E-state index contributed by atoms with van der Waals surface area (Å²) in [5.41, 5.74) is 2.61. The lowest BCUT2D eigenvalue weighted by Gasteiger charge is -2.06. The first-order valence-corrected chi connectivity index (χ1v) is 7.93. The van der Waals surface area contributed by atoms with Crippen molar-refractivity contribution >= 4 is 28.6 Å². The van der Waals surface area contributed by atoms with E-state index in [2.05, 4.69) is 22.6 Å². The minimum absolute atomic E-state index is 0.348. The summed E-state index contributed by atoms with van der Waals surface area (Å²) in [6.07, 6.45) is 0. The molecule has 0 aliphatic rings. The van der Waals surface area contributed by atoms with Crippen LogP contribution in [0.4, 0.5) is 0 Å². The van der Waals surface area contributed by atoms with E-state index in [4.69, 9.17) is 4.74 Å². The number of halogens is 1. The van der Waals surface area contributed by atoms with Crippen LogP contribution in [0.3, 0.4) is 0 Å².